The van der Waals surface area contributed by atoms with Crippen LogP contribution < -0.4 is 0 Å². The normalized spacial score (nSPS) is 11.3. The molecule has 4 nitrogen and oxygen atoms in total. The van der Waals surface area contributed by atoms with Gasteiger partial charge < -0.3 is 5.11 Å². The molecular weight excluding hydrogens is 297 g/mol. The number of ketones is 2. The molecule has 0 saturated carbocycles. The Bertz CT molecular complexity index is 519. The molecule has 1 N–H and O–H groups in total. The summed E-state index contributed by atoms with van der Waals surface area (Å²) >= 11 is 0.983. The second kappa shape index (κ2) is 6.65. The van der Waals surface area contributed by atoms with Crippen molar-refractivity contribution in [2.45, 2.75) is 31.9 Å². The van der Waals surface area contributed by atoms with E-state index in [0.29, 0.717) is 17.7 Å². The molecule has 0 unspecified atom stereocenters. The van der Waals surface area contributed by atoms with E-state index in [-0.39, 0.29) is 11.3 Å². The second-order valence-electron chi connectivity index (χ2n) is 4.03. The number of alkyl halides is 3. The topological polar surface area (TPSA) is 71.4 Å². The first-order chi connectivity index (χ1) is 9.20. The summed E-state index contributed by atoms with van der Waals surface area (Å²) in [5.41, 5.74) is 0. The molecule has 8 heteroatoms. The Morgan fingerprint density at radius 1 is 1.20 bits per heavy atom. The quantitative estimate of drug-likeness (QED) is 0.621. The van der Waals surface area contributed by atoms with Crippen molar-refractivity contribution in [1.29, 1.82) is 0 Å². The van der Waals surface area contributed by atoms with E-state index in [1.807, 2.05) is 0 Å². The second-order valence-corrected chi connectivity index (χ2v) is 5.20. The molecule has 0 atom stereocenters. The van der Waals surface area contributed by atoms with Crippen molar-refractivity contribution in [2.75, 3.05) is 0 Å². The van der Waals surface area contributed by atoms with E-state index in [2.05, 4.69) is 0 Å². The zero-order valence-electron chi connectivity index (χ0n) is 10.2. The average Bonchev–Trinajstić information content (AvgIpc) is 2.76. The van der Waals surface area contributed by atoms with Crippen LogP contribution in [0.25, 0.3) is 0 Å². The lowest BCUT2D eigenvalue weighted by Crippen LogP contribution is -2.25. The van der Waals surface area contributed by atoms with Crippen molar-refractivity contribution < 1.29 is 32.7 Å². The fourth-order valence-electron chi connectivity index (χ4n) is 1.41. The molecule has 0 bridgehead atoms. The van der Waals surface area contributed by atoms with Gasteiger partial charge in [-0.2, -0.15) is 13.2 Å². The lowest BCUT2D eigenvalue weighted by Gasteiger charge is -2.02. The lowest BCUT2D eigenvalue weighted by molar-refractivity contribution is -0.170. The van der Waals surface area contributed by atoms with E-state index < -0.39 is 30.1 Å². The van der Waals surface area contributed by atoms with Gasteiger partial charge in [-0.15, -0.1) is 11.3 Å². The van der Waals surface area contributed by atoms with Crippen LogP contribution in [-0.2, 0) is 16.0 Å². The molecule has 20 heavy (non-hydrogen) atoms. The van der Waals surface area contributed by atoms with Crippen molar-refractivity contribution >= 4 is 28.9 Å². The monoisotopic (exact) mass is 308 g/mol. The number of carbonyl (C=O) groups excluding carboxylic acids is 2. The molecule has 0 saturated heterocycles. The van der Waals surface area contributed by atoms with Crippen molar-refractivity contribution in [3.8, 4) is 0 Å². The van der Waals surface area contributed by atoms with Gasteiger partial charge in [-0.1, -0.05) is 0 Å². The predicted molar refractivity (Wildman–Crippen MR) is 64.9 cm³/mol. The summed E-state index contributed by atoms with van der Waals surface area (Å²) < 4.78 is 36.1. The van der Waals surface area contributed by atoms with Gasteiger partial charge >= 0.3 is 12.1 Å². The number of rotatable bonds is 7. The van der Waals surface area contributed by atoms with Gasteiger partial charge in [-0.25, -0.2) is 0 Å². The highest BCUT2D eigenvalue weighted by Gasteiger charge is 2.39. The van der Waals surface area contributed by atoms with Crippen molar-refractivity contribution in [3.63, 3.8) is 0 Å². The largest absolute Gasteiger partial charge is 0.481 e. The number of Topliss-reactive ketones (excluding diaryl/α,β-unsaturated/α-hetero) is 2. The summed E-state index contributed by atoms with van der Waals surface area (Å²) in [5, 5.41) is 8.47. The highest BCUT2D eigenvalue weighted by atomic mass is 32.1. The van der Waals surface area contributed by atoms with Gasteiger partial charge in [0.15, 0.2) is 5.78 Å². The molecule has 1 aromatic heterocycles. The summed E-state index contributed by atoms with van der Waals surface area (Å²) in [6.07, 6.45) is -5.41. The summed E-state index contributed by atoms with van der Waals surface area (Å²) in [7, 11) is 0. The first kappa shape index (κ1) is 16.4. The Morgan fingerprint density at radius 2 is 1.85 bits per heavy atom. The number of carbonyl (C=O) groups is 3. The Kier molecular flexibility index (Phi) is 5.43. The van der Waals surface area contributed by atoms with Crippen LogP contribution >= 0.6 is 11.3 Å². The van der Waals surface area contributed by atoms with Crippen molar-refractivity contribution in [2.24, 2.45) is 0 Å². The van der Waals surface area contributed by atoms with E-state index in [9.17, 15) is 27.6 Å². The average molecular weight is 308 g/mol. The number of carboxylic acids is 1. The van der Waals surface area contributed by atoms with Crippen LogP contribution in [0.2, 0.25) is 0 Å². The molecule has 0 aromatic carbocycles. The molecule has 1 heterocycles. The van der Waals surface area contributed by atoms with Gasteiger partial charge in [0.2, 0.25) is 5.78 Å². The summed E-state index contributed by atoms with van der Waals surface area (Å²) in [5.74, 6) is -3.88. The molecule has 0 fully saturated rings. The SMILES string of the molecule is O=C(O)CCCc1ccc(C(=O)CC(=O)C(F)(F)F)s1. The van der Waals surface area contributed by atoms with Crippen molar-refractivity contribution in [1.82, 2.24) is 0 Å². The standard InChI is InChI=1S/C12H11F3O4S/c13-12(14,15)10(17)6-8(16)9-5-4-7(20-9)2-1-3-11(18)19/h4-5H,1-3,6H2,(H,18,19). The molecule has 0 aliphatic rings. The fourth-order valence-corrected chi connectivity index (χ4v) is 2.40. The molecule has 0 aliphatic carbocycles. The highest BCUT2D eigenvalue weighted by Crippen LogP contribution is 2.23. The van der Waals surface area contributed by atoms with Gasteiger partial charge in [0.1, 0.15) is 0 Å². The highest BCUT2D eigenvalue weighted by molar-refractivity contribution is 7.14. The van der Waals surface area contributed by atoms with E-state index in [1.165, 1.54) is 6.07 Å². The number of hydrogen-bond acceptors (Lipinski definition) is 4. The number of hydrogen-bond donors (Lipinski definition) is 1. The third-order valence-electron chi connectivity index (χ3n) is 2.39. The number of thiophene rings is 1. The van der Waals surface area contributed by atoms with E-state index in [4.69, 9.17) is 5.11 Å². The Morgan fingerprint density at radius 3 is 2.40 bits per heavy atom. The van der Waals surface area contributed by atoms with Crippen LogP contribution in [0.5, 0.6) is 0 Å². The van der Waals surface area contributed by atoms with Gasteiger partial charge in [0, 0.05) is 11.3 Å². The maximum atomic E-state index is 12.0. The Labute approximate surface area is 116 Å². The summed E-state index contributed by atoms with van der Waals surface area (Å²) in [4.78, 5) is 33.3. The molecule has 0 radical (unpaired) electrons. The first-order valence-corrected chi connectivity index (χ1v) is 6.45. The zero-order chi connectivity index (χ0) is 15.3. The third-order valence-corrected chi connectivity index (χ3v) is 3.57. The number of halogens is 3. The third kappa shape index (κ3) is 5.12. The molecular formula is C12H11F3O4S. The van der Waals surface area contributed by atoms with Crippen LogP contribution in [0.15, 0.2) is 12.1 Å². The lowest BCUT2D eigenvalue weighted by atomic mass is 10.1. The van der Waals surface area contributed by atoms with Gasteiger partial charge in [-0.3, -0.25) is 14.4 Å². The smallest absolute Gasteiger partial charge is 0.450 e. The van der Waals surface area contributed by atoms with Gasteiger partial charge in [-0.05, 0) is 25.0 Å². The summed E-state index contributed by atoms with van der Waals surface area (Å²) in [6.45, 7) is 0. The Balaban J connectivity index is 2.56. The van der Waals surface area contributed by atoms with Gasteiger partial charge in [0.05, 0.1) is 11.3 Å². The predicted octanol–water partition coefficient (Wildman–Crippen LogP) is 2.86. The molecule has 1 aromatic rings. The van der Waals surface area contributed by atoms with Crippen LogP contribution in [0, 0.1) is 0 Å². The zero-order valence-corrected chi connectivity index (χ0v) is 11.0. The minimum atomic E-state index is -5.00. The number of aliphatic carboxylic acids is 1. The number of aryl methyl sites for hydroxylation is 1. The molecule has 1 rings (SSSR count). The van der Waals surface area contributed by atoms with Gasteiger partial charge in [0.25, 0.3) is 0 Å². The van der Waals surface area contributed by atoms with Crippen LogP contribution in [0.3, 0.4) is 0 Å². The molecule has 110 valence electrons. The minimum Gasteiger partial charge on any atom is -0.481 e. The fraction of sp³-hybridized carbons (Fsp3) is 0.417. The van der Waals surface area contributed by atoms with Crippen LogP contribution in [0.4, 0.5) is 13.2 Å². The van der Waals surface area contributed by atoms with E-state index >= 15 is 0 Å². The van der Waals surface area contributed by atoms with Crippen LogP contribution in [0.1, 0.15) is 33.8 Å². The minimum absolute atomic E-state index is 0.0201. The molecule has 0 spiro atoms. The number of carboxylic acid groups (broad SMARTS) is 1. The maximum absolute atomic E-state index is 12.0. The van der Waals surface area contributed by atoms with Crippen molar-refractivity contribution in [3.05, 3.63) is 21.9 Å². The molecule has 0 aliphatic heterocycles. The van der Waals surface area contributed by atoms with E-state index in [0.717, 1.165) is 11.3 Å². The maximum Gasteiger partial charge on any atom is 0.450 e. The summed E-state index contributed by atoms with van der Waals surface area (Å²) in [6, 6.07) is 2.91. The first-order valence-electron chi connectivity index (χ1n) is 5.64. The Hall–Kier alpha value is -1.70. The van der Waals surface area contributed by atoms with Crippen LogP contribution in [-0.4, -0.2) is 28.8 Å². The molecule has 0 amide bonds. The van der Waals surface area contributed by atoms with E-state index in [1.54, 1.807) is 6.07 Å².